The first-order valence-corrected chi connectivity index (χ1v) is 15.6. The second-order valence-electron chi connectivity index (χ2n) is 10.3. The minimum atomic E-state index is -0.564. The van der Waals surface area contributed by atoms with Crippen LogP contribution in [0.25, 0.3) is 11.2 Å². The molecule has 2 aromatic rings. The molecule has 0 aliphatic carbocycles. The lowest BCUT2D eigenvalue weighted by atomic mass is 10.2. The van der Waals surface area contributed by atoms with Crippen molar-refractivity contribution in [2.75, 3.05) is 19.7 Å². The number of rotatable bonds is 19. The predicted molar refractivity (Wildman–Crippen MR) is 172 cm³/mol. The zero-order valence-corrected chi connectivity index (χ0v) is 25.7. The van der Waals surface area contributed by atoms with Crippen molar-refractivity contribution >= 4 is 23.2 Å². The summed E-state index contributed by atoms with van der Waals surface area (Å²) in [5.41, 5.74) is 0.405. The molecular formula is C33H46N6O5. The number of allylic oxidation sites excluding steroid dienone is 10. The molecule has 11 nitrogen and oxygen atoms in total. The van der Waals surface area contributed by atoms with E-state index in [2.05, 4.69) is 93.3 Å². The second kappa shape index (κ2) is 20.6. The number of hydrogen-bond acceptors (Lipinski definition) is 7. The van der Waals surface area contributed by atoms with Crippen LogP contribution in [0.1, 0.15) is 77.4 Å². The van der Waals surface area contributed by atoms with Crippen molar-refractivity contribution in [1.82, 2.24) is 30.2 Å². The maximum absolute atomic E-state index is 12.0. The highest BCUT2D eigenvalue weighted by atomic mass is 16.6. The lowest BCUT2D eigenvalue weighted by Crippen LogP contribution is -2.35. The Balaban J connectivity index is 1.14. The van der Waals surface area contributed by atoms with Gasteiger partial charge in [0.2, 0.25) is 5.91 Å². The molecule has 0 bridgehead atoms. The summed E-state index contributed by atoms with van der Waals surface area (Å²) in [5.74, 6) is -0.0403. The van der Waals surface area contributed by atoms with E-state index in [-0.39, 0.29) is 42.5 Å². The SMILES string of the molecule is CC/C=C\C/C=C\C/C=C\C/C=C\C/C=C\CCCC(=O)NCCNC(=O)OC[C@@H]1CC[C@H](n2cnc3c(=O)[nH]cnc32)O1. The third kappa shape index (κ3) is 12.9. The van der Waals surface area contributed by atoms with Crippen LogP contribution in [0, 0.1) is 0 Å². The number of hydrogen-bond donors (Lipinski definition) is 3. The molecule has 3 rings (SSSR count). The van der Waals surface area contributed by atoms with Gasteiger partial charge in [0.25, 0.3) is 5.56 Å². The minimum absolute atomic E-state index is 0.0403. The summed E-state index contributed by atoms with van der Waals surface area (Å²) in [7, 11) is 0. The topological polar surface area (TPSA) is 140 Å². The predicted octanol–water partition coefficient (Wildman–Crippen LogP) is 5.56. The molecule has 0 aromatic carbocycles. The van der Waals surface area contributed by atoms with Gasteiger partial charge < -0.3 is 25.1 Å². The van der Waals surface area contributed by atoms with Crippen molar-refractivity contribution in [3.63, 3.8) is 0 Å². The summed E-state index contributed by atoms with van der Waals surface area (Å²) >= 11 is 0. The summed E-state index contributed by atoms with van der Waals surface area (Å²) in [6, 6.07) is 0. The fourth-order valence-corrected chi connectivity index (χ4v) is 4.51. The van der Waals surface area contributed by atoms with E-state index in [0.717, 1.165) is 44.9 Å². The molecule has 238 valence electrons. The normalized spacial score (nSPS) is 17.3. The van der Waals surface area contributed by atoms with Gasteiger partial charge in [-0.2, -0.15) is 0 Å². The van der Waals surface area contributed by atoms with Crippen LogP contribution in [0.4, 0.5) is 4.79 Å². The fraction of sp³-hybridized carbons (Fsp3) is 0.485. The molecule has 0 spiro atoms. The maximum Gasteiger partial charge on any atom is 0.407 e. The first-order chi connectivity index (χ1) is 21.6. The van der Waals surface area contributed by atoms with Crippen molar-refractivity contribution in [3.05, 3.63) is 83.8 Å². The van der Waals surface area contributed by atoms with Crippen LogP contribution in [0.3, 0.4) is 0 Å². The minimum Gasteiger partial charge on any atom is -0.447 e. The Kier molecular flexibility index (Phi) is 16.0. The molecule has 0 saturated carbocycles. The van der Waals surface area contributed by atoms with E-state index in [9.17, 15) is 14.4 Å². The Hall–Kier alpha value is -4.25. The number of ether oxygens (including phenoxy) is 2. The molecule has 2 amide bonds. The molecule has 44 heavy (non-hydrogen) atoms. The molecule has 1 aliphatic rings. The van der Waals surface area contributed by atoms with E-state index in [1.54, 1.807) is 4.57 Å². The van der Waals surface area contributed by atoms with E-state index in [4.69, 9.17) is 9.47 Å². The Labute approximate surface area is 259 Å². The summed E-state index contributed by atoms with van der Waals surface area (Å²) in [4.78, 5) is 46.7. The van der Waals surface area contributed by atoms with E-state index in [1.807, 2.05) is 0 Å². The highest BCUT2D eigenvalue weighted by Crippen LogP contribution is 2.29. The van der Waals surface area contributed by atoms with Crippen LogP contribution in [0.2, 0.25) is 0 Å². The maximum atomic E-state index is 12.0. The van der Waals surface area contributed by atoms with Gasteiger partial charge in [-0.3, -0.25) is 14.2 Å². The number of nitrogens with one attached hydrogen (secondary N) is 3. The van der Waals surface area contributed by atoms with Crippen molar-refractivity contribution in [1.29, 1.82) is 0 Å². The molecular weight excluding hydrogens is 560 g/mol. The number of imidazole rings is 1. The first-order valence-electron chi connectivity index (χ1n) is 15.6. The van der Waals surface area contributed by atoms with Crippen LogP contribution < -0.4 is 16.2 Å². The van der Waals surface area contributed by atoms with Crippen LogP contribution in [0.15, 0.2) is 78.2 Å². The zero-order chi connectivity index (χ0) is 31.2. The molecule has 2 atom stereocenters. The number of H-pyrrole nitrogens is 1. The van der Waals surface area contributed by atoms with Gasteiger partial charge in [0.05, 0.1) is 18.8 Å². The summed E-state index contributed by atoms with van der Waals surface area (Å²) in [6.45, 7) is 2.85. The van der Waals surface area contributed by atoms with Gasteiger partial charge in [-0.15, -0.1) is 0 Å². The van der Waals surface area contributed by atoms with Gasteiger partial charge in [0, 0.05) is 19.5 Å². The van der Waals surface area contributed by atoms with Crippen molar-refractivity contribution in [2.24, 2.45) is 0 Å². The van der Waals surface area contributed by atoms with E-state index in [0.29, 0.717) is 31.5 Å². The number of carbonyl (C=O) groups is 2. The number of carbonyl (C=O) groups excluding carboxylic acids is 2. The van der Waals surface area contributed by atoms with E-state index >= 15 is 0 Å². The molecule has 2 aromatic heterocycles. The van der Waals surface area contributed by atoms with Crippen molar-refractivity contribution in [3.8, 4) is 0 Å². The highest BCUT2D eigenvalue weighted by molar-refractivity contribution is 5.76. The number of amides is 2. The van der Waals surface area contributed by atoms with Crippen LogP contribution in [-0.4, -0.2) is 57.3 Å². The first kappa shape index (κ1) is 34.2. The van der Waals surface area contributed by atoms with Gasteiger partial charge in [-0.05, 0) is 57.8 Å². The molecule has 3 N–H and O–H groups in total. The second-order valence-corrected chi connectivity index (χ2v) is 10.3. The number of fused-ring (bicyclic) bond motifs is 1. The third-order valence-electron chi connectivity index (χ3n) is 6.81. The van der Waals surface area contributed by atoms with Gasteiger partial charge in [-0.25, -0.2) is 14.8 Å². The third-order valence-corrected chi connectivity index (χ3v) is 6.81. The van der Waals surface area contributed by atoms with Crippen LogP contribution >= 0.6 is 0 Å². The quantitative estimate of drug-likeness (QED) is 0.140. The number of alkyl carbamates (subject to hydrolysis) is 1. The number of unbranched alkanes of at least 4 members (excludes halogenated alkanes) is 1. The molecule has 1 aliphatic heterocycles. The fourth-order valence-electron chi connectivity index (χ4n) is 4.51. The molecule has 1 saturated heterocycles. The van der Waals surface area contributed by atoms with Crippen LogP contribution in [0.5, 0.6) is 0 Å². The largest absolute Gasteiger partial charge is 0.447 e. The number of nitrogens with zero attached hydrogens (tertiary/aromatic N) is 3. The van der Waals surface area contributed by atoms with E-state index < -0.39 is 6.09 Å². The molecule has 0 unspecified atom stereocenters. The Morgan fingerprint density at radius 3 is 2.32 bits per heavy atom. The zero-order valence-electron chi connectivity index (χ0n) is 25.7. The van der Waals surface area contributed by atoms with Crippen molar-refractivity contribution in [2.45, 2.75) is 83.5 Å². The average molecular weight is 607 g/mol. The van der Waals surface area contributed by atoms with Gasteiger partial charge in [0.1, 0.15) is 12.8 Å². The van der Waals surface area contributed by atoms with Gasteiger partial charge in [-0.1, -0.05) is 67.7 Å². The highest BCUT2D eigenvalue weighted by Gasteiger charge is 2.29. The Morgan fingerprint density at radius 1 is 0.955 bits per heavy atom. The van der Waals surface area contributed by atoms with Crippen LogP contribution in [-0.2, 0) is 14.3 Å². The van der Waals surface area contributed by atoms with Gasteiger partial charge >= 0.3 is 6.09 Å². The monoisotopic (exact) mass is 606 g/mol. The standard InChI is InChI=1S/C33H46N6O5/c1-2-3-4-5-6-7-8-9-10-11-12-13-14-15-16-17-18-19-28(40)34-22-23-35-33(42)43-24-27-20-21-29(44-27)39-26-38-30-31(39)36-25-37-32(30)41/h3-4,6-7,9-10,12-13,15-16,25-27,29H,2,5,8,11,14,17-24H2,1H3,(H,34,40)(H,35,42)(H,36,37,41)/b4-3-,7-6-,10-9-,13-12-,16-15-/t27-,29+/m0/s1. The smallest absolute Gasteiger partial charge is 0.407 e. The van der Waals surface area contributed by atoms with E-state index in [1.165, 1.54) is 12.7 Å². The average Bonchev–Trinajstić information content (AvgIpc) is 3.68. The number of aromatic amines is 1. The molecule has 0 radical (unpaired) electrons. The summed E-state index contributed by atoms with van der Waals surface area (Å²) in [5, 5.41) is 5.44. The van der Waals surface area contributed by atoms with Gasteiger partial charge in [0.15, 0.2) is 11.2 Å². The lowest BCUT2D eigenvalue weighted by Gasteiger charge is -2.15. The summed E-state index contributed by atoms with van der Waals surface area (Å²) < 4.78 is 13.0. The Morgan fingerprint density at radius 2 is 1.61 bits per heavy atom. The molecule has 11 heteroatoms. The number of aromatic nitrogens is 4. The summed E-state index contributed by atoms with van der Waals surface area (Å²) in [6.07, 6.45) is 31.7. The lowest BCUT2D eigenvalue weighted by molar-refractivity contribution is -0.121. The van der Waals surface area contributed by atoms with Crippen molar-refractivity contribution < 1.29 is 19.1 Å². The molecule has 3 heterocycles. The Bertz CT molecular complexity index is 1360. The molecule has 1 fully saturated rings.